The summed E-state index contributed by atoms with van der Waals surface area (Å²) in [5, 5.41) is 41.0. The third-order valence-corrected chi connectivity index (χ3v) is 4.14. The lowest BCUT2D eigenvalue weighted by molar-refractivity contribution is -0.118. The Morgan fingerprint density at radius 1 is 1.18 bits per heavy atom. The van der Waals surface area contributed by atoms with Gasteiger partial charge in [0, 0.05) is 5.56 Å². The maximum atomic E-state index is 12.7. The second kappa shape index (κ2) is 7.22. The van der Waals surface area contributed by atoms with Gasteiger partial charge in [-0.1, -0.05) is 0 Å². The Labute approximate surface area is 158 Å². The highest BCUT2D eigenvalue weighted by Gasteiger charge is 2.21. The molecule has 0 radical (unpaired) electrons. The Bertz CT molecular complexity index is 1140. The van der Waals surface area contributed by atoms with Gasteiger partial charge in [0.15, 0.2) is 22.8 Å². The summed E-state index contributed by atoms with van der Waals surface area (Å²) in [7, 11) is 0. The highest BCUT2D eigenvalue weighted by Crippen LogP contribution is 2.37. The molecule has 28 heavy (non-hydrogen) atoms. The van der Waals surface area contributed by atoms with Crippen molar-refractivity contribution in [3.05, 3.63) is 46.1 Å². The summed E-state index contributed by atoms with van der Waals surface area (Å²) in [4.78, 5) is 24.7. The van der Waals surface area contributed by atoms with Crippen LogP contribution in [0.2, 0.25) is 0 Å². The number of hydrogen-bond donors (Lipinski definition) is 6. The number of nitrogens with two attached hydrogens (primary N) is 1. The average molecular weight is 386 g/mol. The molecule has 0 saturated carbocycles. The van der Waals surface area contributed by atoms with Crippen LogP contribution in [0.25, 0.3) is 22.3 Å². The Morgan fingerprint density at radius 2 is 1.89 bits per heavy atom. The van der Waals surface area contributed by atoms with E-state index < -0.39 is 35.5 Å². The van der Waals surface area contributed by atoms with E-state index in [0.29, 0.717) is 5.56 Å². The van der Waals surface area contributed by atoms with Crippen LogP contribution in [0, 0.1) is 6.92 Å². The molecule has 3 aromatic rings. The highest BCUT2D eigenvalue weighted by atomic mass is 16.4. The SMILES string of the molecule is Cc1cc(NC(=O)[C@@H](N)CO)c2oc(-c3ccc(O)c(O)c3)c(O)c(=O)c2c1. The van der Waals surface area contributed by atoms with Crippen molar-refractivity contribution in [3.8, 4) is 28.6 Å². The number of phenolic OH excluding ortho intramolecular Hbond substituents is 2. The van der Waals surface area contributed by atoms with Crippen LogP contribution in [-0.2, 0) is 4.79 Å². The van der Waals surface area contributed by atoms with Gasteiger partial charge in [0.1, 0.15) is 6.04 Å². The molecular formula is C19H18N2O7. The fourth-order valence-electron chi connectivity index (χ4n) is 2.69. The fraction of sp³-hybridized carbons (Fsp3) is 0.158. The number of anilines is 1. The number of rotatable bonds is 4. The van der Waals surface area contributed by atoms with Crippen molar-refractivity contribution in [1.29, 1.82) is 0 Å². The molecule has 0 spiro atoms. The van der Waals surface area contributed by atoms with Crippen LogP contribution < -0.4 is 16.5 Å². The summed E-state index contributed by atoms with van der Waals surface area (Å²) in [6.45, 7) is 1.11. The lowest BCUT2D eigenvalue weighted by Crippen LogP contribution is -2.38. The van der Waals surface area contributed by atoms with Crippen molar-refractivity contribution < 1.29 is 29.6 Å². The van der Waals surface area contributed by atoms with Gasteiger partial charge in [-0.05, 0) is 42.8 Å². The van der Waals surface area contributed by atoms with E-state index in [4.69, 9.17) is 15.3 Å². The quantitative estimate of drug-likeness (QED) is 0.363. The van der Waals surface area contributed by atoms with E-state index in [1.165, 1.54) is 18.2 Å². The van der Waals surface area contributed by atoms with Gasteiger partial charge in [0.05, 0.1) is 17.7 Å². The zero-order chi connectivity index (χ0) is 20.6. The first kappa shape index (κ1) is 19.2. The minimum absolute atomic E-state index is 0.0190. The lowest BCUT2D eigenvalue weighted by Gasteiger charge is -2.13. The Balaban J connectivity index is 2.25. The predicted molar refractivity (Wildman–Crippen MR) is 101 cm³/mol. The summed E-state index contributed by atoms with van der Waals surface area (Å²) >= 11 is 0. The zero-order valence-corrected chi connectivity index (χ0v) is 14.8. The molecule has 2 aromatic carbocycles. The molecule has 0 bridgehead atoms. The number of aliphatic hydroxyl groups is 1. The number of hydrogen-bond acceptors (Lipinski definition) is 8. The summed E-state index contributed by atoms with van der Waals surface area (Å²) in [6.07, 6.45) is 0. The molecule has 1 aromatic heterocycles. The third kappa shape index (κ3) is 3.36. The molecule has 0 aliphatic rings. The van der Waals surface area contributed by atoms with Gasteiger partial charge in [-0.2, -0.15) is 0 Å². The second-order valence-electron chi connectivity index (χ2n) is 6.28. The summed E-state index contributed by atoms with van der Waals surface area (Å²) < 4.78 is 5.69. The smallest absolute Gasteiger partial charge is 0.243 e. The molecule has 146 valence electrons. The van der Waals surface area contributed by atoms with E-state index in [1.807, 2.05) is 0 Å². The van der Waals surface area contributed by atoms with Crippen molar-refractivity contribution in [2.45, 2.75) is 13.0 Å². The number of carbonyl (C=O) groups excluding carboxylic acids is 1. The van der Waals surface area contributed by atoms with Gasteiger partial charge >= 0.3 is 0 Å². The van der Waals surface area contributed by atoms with Crippen LogP contribution in [0.1, 0.15) is 5.56 Å². The van der Waals surface area contributed by atoms with Crippen LogP contribution in [0.15, 0.2) is 39.5 Å². The molecule has 7 N–H and O–H groups in total. The number of benzene rings is 2. The molecule has 1 heterocycles. The number of phenols is 2. The van der Waals surface area contributed by atoms with E-state index in [0.717, 1.165) is 6.07 Å². The van der Waals surface area contributed by atoms with E-state index in [2.05, 4.69) is 5.32 Å². The van der Waals surface area contributed by atoms with Gasteiger partial charge in [0.2, 0.25) is 17.1 Å². The molecule has 0 unspecified atom stereocenters. The van der Waals surface area contributed by atoms with Gasteiger partial charge < -0.3 is 35.9 Å². The van der Waals surface area contributed by atoms with Crippen molar-refractivity contribution >= 4 is 22.6 Å². The number of aromatic hydroxyl groups is 3. The first-order valence-corrected chi connectivity index (χ1v) is 8.23. The molecule has 0 aliphatic carbocycles. The Hall–Kier alpha value is -3.56. The first-order valence-electron chi connectivity index (χ1n) is 8.23. The standard InChI is InChI=1S/C19H18N2O7/c1-8-4-10-15(25)16(26)17(9-2-3-13(23)14(24)6-9)28-18(10)12(5-8)21-19(27)11(20)7-22/h2-6,11,22-24,26H,7,20H2,1H3,(H,21,27)/t11-/m0/s1. The summed E-state index contributed by atoms with van der Waals surface area (Å²) in [5.74, 6) is -2.47. The van der Waals surface area contributed by atoms with E-state index in [-0.39, 0.29) is 33.7 Å². The van der Waals surface area contributed by atoms with E-state index in [1.54, 1.807) is 13.0 Å². The number of carbonyl (C=O) groups is 1. The van der Waals surface area contributed by atoms with Gasteiger partial charge in [-0.15, -0.1) is 0 Å². The van der Waals surface area contributed by atoms with Crippen molar-refractivity contribution in [1.82, 2.24) is 0 Å². The van der Waals surface area contributed by atoms with Crippen molar-refractivity contribution in [2.75, 3.05) is 11.9 Å². The average Bonchev–Trinajstić information content (AvgIpc) is 2.66. The molecule has 0 fully saturated rings. The monoisotopic (exact) mass is 386 g/mol. The van der Waals surface area contributed by atoms with E-state index in [9.17, 15) is 24.9 Å². The highest BCUT2D eigenvalue weighted by molar-refractivity contribution is 6.02. The maximum Gasteiger partial charge on any atom is 0.243 e. The van der Waals surface area contributed by atoms with Gasteiger partial charge in [-0.25, -0.2) is 0 Å². The normalized spacial score (nSPS) is 12.1. The summed E-state index contributed by atoms with van der Waals surface area (Å²) in [6, 6.07) is 5.49. The largest absolute Gasteiger partial charge is 0.504 e. The third-order valence-electron chi connectivity index (χ3n) is 4.14. The van der Waals surface area contributed by atoms with E-state index >= 15 is 0 Å². The Morgan fingerprint density at radius 3 is 2.54 bits per heavy atom. The fourth-order valence-corrected chi connectivity index (χ4v) is 2.69. The van der Waals surface area contributed by atoms with Gasteiger partial charge in [0.25, 0.3) is 0 Å². The molecule has 9 heteroatoms. The van der Waals surface area contributed by atoms with Crippen molar-refractivity contribution in [3.63, 3.8) is 0 Å². The molecular weight excluding hydrogens is 368 g/mol. The topological polar surface area (TPSA) is 166 Å². The molecule has 1 atom stereocenters. The number of aliphatic hydroxyl groups excluding tert-OH is 1. The number of amides is 1. The minimum Gasteiger partial charge on any atom is -0.504 e. The molecule has 3 rings (SSSR count). The number of fused-ring (bicyclic) bond motifs is 1. The van der Waals surface area contributed by atoms with Crippen LogP contribution >= 0.6 is 0 Å². The predicted octanol–water partition coefficient (Wildman–Crippen LogP) is 1.14. The molecule has 0 aliphatic heterocycles. The molecule has 1 amide bonds. The first-order chi connectivity index (χ1) is 13.2. The van der Waals surface area contributed by atoms with Crippen LogP contribution in [0.5, 0.6) is 17.2 Å². The maximum absolute atomic E-state index is 12.7. The number of nitrogens with one attached hydrogen (secondary N) is 1. The van der Waals surface area contributed by atoms with Crippen LogP contribution in [0.3, 0.4) is 0 Å². The Kier molecular flexibility index (Phi) is 4.95. The summed E-state index contributed by atoms with van der Waals surface area (Å²) in [5.41, 5.74) is 5.62. The minimum atomic E-state index is -1.17. The lowest BCUT2D eigenvalue weighted by atomic mass is 10.1. The number of aryl methyl sites for hydroxylation is 1. The van der Waals surface area contributed by atoms with Crippen LogP contribution in [0.4, 0.5) is 5.69 Å². The zero-order valence-electron chi connectivity index (χ0n) is 14.8. The molecule has 9 nitrogen and oxygen atoms in total. The van der Waals surface area contributed by atoms with Gasteiger partial charge in [-0.3, -0.25) is 9.59 Å². The van der Waals surface area contributed by atoms with Crippen LogP contribution in [-0.4, -0.2) is 39.0 Å². The molecule has 0 saturated heterocycles. The second-order valence-corrected chi connectivity index (χ2v) is 6.28. The van der Waals surface area contributed by atoms with Crippen molar-refractivity contribution in [2.24, 2.45) is 5.73 Å².